The molecule has 2 N–H and O–H groups in total. The van der Waals surface area contributed by atoms with Crippen molar-refractivity contribution in [3.63, 3.8) is 0 Å². The third kappa shape index (κ3) is 2.33. The van der Waals surface area contributed by atoms with Gasteiger partial charge in [-0.25, -0.2) is 0 Å². The van der Waals surface area contributed by atoms with E-state index in [2.05, 4.69) is 4.98 Å². The maximum absolute atomic E-state index is 5.63. The fourth-order valence-corrected chi connectivity index (χ4v) is 2.04. The lowest BCUT2D eigenvalue weighted by molar-refractivity contribution is 0.416. The van der Waals surface area contributed by atoms with E-state index in [9.17, 15) is 0 Å². The van der Waals surface area contributed by atoms with Gasteiger partial charge in [-0.1, -0.05) is 24.4 Å². The minimum atomic E-state index is 0.367. The summed E-state index contributed by atoms with van der Waals surface area (Å²) in [5.41, 5.74) is 9.07. The van der Waals surface area contributed by atoms with Crippen LogP contribution in [0.3, 0.4) is 0 Å². The van der Waals surface area contributed by atoms with Crippen LogP contribution in [-0.4, -0.2) is 17.1 Å². The first-order valence-electron chi connectivity index (χ1n) is 5.54. The average molecular weight is 258 g/mol. The molecule has 1 heterocycles. The van der Waals surface area contributed by atoms with Crippen molar-refractivity contribution in [2.45, 2.75) is 6.92 Å². The summed E-state index contributed by atoms with van der Waals surface area (Å²) in [7, 11) is 1.65. The van der Waals surface area contributed by atoms with Gasteiger partial charge in [0, 0.05) is 16.8 Å². The maximum Gasteiger partial charge on any atom is 0.128 e. The number of rotatable bonds is 3. The van der Waals surface area contributed by atoms with Crippen LogP contribution < -0.4 is 10.5 Å². The van der Waals surface area contributed by atoms with Crippen LogP contribution in [-0.2, 0) is 0 Å². The number of aromatic nitrogens is 1. The molecule has 0 spiro atoms. The fourth-order valence-electron chi connectivity index (χ4n) is 1.83. The number of pyridine rings is 1. The summed E-state index contributed by atoms with van der Waals surface area (Å²) in [5.74, 6) is 0.799. The van der Waals surface area contributed by atoms with Crippen molar-refractivity contribution in [2.75, 3.05) is 7.11 Å². The van der Waals surface area contributed by atoms with E-state index in [0.29, 0.717) is 4.99 Å². The van der Waals surface area contributed by atoms with Crippen molar-refractivity contribution in [2.24, 2.45) is 5.73 Å². The number of aryl methyl sites for hydroxylation is 1. The first-order chi connectivity index (χ1) is 8.63. The minimum absolute atomic E-state index is 0.367. The van der Waals surface area contributed by atoms with Gasteiger partial charge in [-0.05, 0) is 31.2 Å². The van der Waals surface area contributed by atoms with E-state index >= 15 is 0 Å². The van der Waals surface area contributed by atoms with E-state index < -0.39 is 0 Å². The van der Waals surface area contributed by atoms with Crippen molar-refractivity contribution in [1.82, 2.24) is 4.98 Å². The summed E-state index contributed by atoms with van der Waals surface area (Å²) in [6.45, 7) is 1.90. The molecular formula is C14H14N2OS. The van der Waals surface area contributed by atoms with E-state index in [1.165, 1.54) is 0 Å². The molecule has 4 heteroatoms. The van der Waals surface area contributed by atoms with Crippen molar-refractivity contribution in [3.05, 3.63) is 47.7 Å². The molecule has 0 bridgehead atoms. The number of methoxy groups -OCH3 is 1. The molecular weight excluding hydrogens is 244 g/mol. The molecule has 2 rings (SSSR count). The summed E-state index contributed by atoms with van der Waals surface area (Å²) in [4.78, 5) is 4.89. The van der Waals surface area contributed by atoms with E-state index in [1.807, 2.05) is 43.3 Å². The highest BCUT2D eigenvalue weighted by atomic mass is 32.1. The Morgan fingerprint density at radius 2 is 1.94 bits per heavy atom. The van der Waals surface area contributed by atoms with E-state index in [0.717, 1.165) is 28.3 Å². The number of nitrogens with two attached hydrogens (primary N) is 1. The summed E-state index contributed by atoms with van der Waals surface area (Å²) < 4.78 is 5.33. The zero-order valence-corrected chi connectivity index (χ0v) is 11.1. The quantitative estimate of drug-likeness (QED) is 0.860. The van der Waals surface area contributed by atoms with Gasteiger partial charge in [0.2, 0.25) is 0 Å². The topological polar surface area (TPSA) is 48.1 Å². The predicted molar refractivity (Wildman–Crippen MR) is 76.8 cm³/mol. The Balaban J connectivity index is 2.52. The van der Waals surface area contributed by atoms with Gasteiger partial charge in [0.05, 0.1) is 12.8 Å². The first-order valence-corrected chi connectivity index (χ1v) is 5.95. The third-order valence-electron chi connectivity index (χ3n) is 2.73. The van der Waals surface area contributed by atoms with E-state index in [4.69, 9.17) is 22.7 Å². The molecule has 0 aliphatic rings. The molecule has 92 valence electrons. The molecule has 2 aromatic rings. The van der Waals surface area contributed by atoms with Crippen LogP contribution in [0, 0.1) is 6.92 Å². The molecule has 0 fully saturated rings. The van der Waals surface area contributed by atoms with Gasteiger partial charge < -0.3 is 10.5 Å². The second kappa shape index (κ2) is 5.14. The first kappa shape index (κ1) is 12.5. The molecule has 0 unspecified atom stereocenters. The van der Waals surface area contributed by atoms with Crippen LogP contribution in [0.25, 0.3) is 11.3 Å². The molecule has 0 saturated carbocycles. The normalized spacial score (nSPS) is 10.1. The number of thiocarbonyl (C=S) groups is 1. The number of benzene rings is 1. The number of hydrogen-bond acceptors (Lipinski definition) is 3. The molecule has 0 aliphatic heterocycles. The molecule has 0 atom stereocenters. The highest BCUT2D eigenvalue weighted by Crippen LogP contribution is 2.28. The number of para-hydroxylation sites is 1. The van der Waals surface area contributed by atoms with Gasteiger partial charge in [-0.2, -0.15) is 0 Å². The Kier molecular flexibility index (Phi) is 3.58. The smallest absolute Gasteiger partial charge is 0.128 e. The Labute approximate surface area is 112 Å². The second-order valence-corrected chi connectivity index (χ2v) is 4.33. The molecule has 0 radical (unpaired) electrons. The molecule has 1 aromatic heterocycles. The lowest BCUT2D eigenvalue weighted by atomic mass is 10.1. The zero-order chi connectivity index (χ0) is 13.1. The SMILES string of the molecule is COc1ccccc1-c1ccc(C(N)=S)c(C)n1. The predicted octanol–water partition coefficient (Wildman–Crippen LogP) is 2.70. The Hall–Kier alpha value is -1.94. The van der Waals surface area contributed by atoms with Gasteiger partial charge in [0.15, 0.2) is 0 Å². The van der Waals surface area contributed by atoms with E-state index in [1.54, 1.807) is 7.11 Å². The fraction of sp³-hybridized carbons (Fsp3) is 0.143. The number of nitrogens with zero attached hydrogens (tertiary/aromatic N) is 1. The van der Waals surface area contributed by atoms with Crippen LogP contribution in [0.1, 0.15) is 11.3 Å². The summed E-state index contributed by atoms with van der Waals surface area (Å²) >= 11 is 4.97. The van der Waals surface area contributed by atoms with Crippen molar-refractivity contribution < 1.29 is 4.74 Å². The minimum Gasteiger partial charge on any atom is -0.496 e. The van der Waals surface area contributed by atoms with Gasteiger partial charge in [-0.15, -0.1) is 0 Å². The van der Waals surface area contributed by atoms with Gasteiger partial charge in [-0.3, -0.25) is 4.98 Å². The zero-order valence-electron chi connectivity index (χ0n) is 10.3. The molecule has 18 heavy (non-hydrogen) atoms. The lowest BCUT2D eigenvalue weighted by Crippen LogP contribution is -2.12. The Morgan fingerprint density at radius 3 is 2.56 bits per heavy atom. The molecule has 0 saturated heterocycles. The Bertz CT molecular complexity index is 596. The highest BCUT2D eigenvalue weighted by molar-refractivity contribution is 7.80. The standard InChI is InChI=1S/C14H14N2OS/c1-9-10(14(15)18)7-8-12(16-9)11-5-3-4-6-13(11)17-2/h3-8H,1-2H3,(H2,15,18). The van der Waals surface area contributed by atoms with Crippen molar-refractivity contribution >= 4 is 17.2 Å². The van der Waals surface area contributed by atoms with E-state index in [-0.39, 0.29) is 0 Å². The van der Waals surface area contributed by atoms with Gasteiger partial charge >= 0.3 is 0 Å². The van der Waals surface area contributed by atoms with Crippen molar-refractivity contribution in [1.29, 1.82) is 0 Å². The summed E-state index contributed by atoms with van der Waals surface area (Å²) in [6, 6.07) is 11.6. The summed E-state index contributed by atoms with van der Waals surface area (Å²) in [6.07, 6.45) is 0. The van der Waals surface area contributed by atoms with Crippen LogP contribution >= 0.6 is 12.2 Å². The second-order valence-electron chi connectivity index (χ2n) is 3.89. The monoisotopic (exact) mass is 258 g/mol. The van der Waals surface area contributed by atoms with Crippen molar-refractivity contribution in [3.8, 4) is 17.0 Å². The molecule has 3 nitrogen and oxygen atoms in total. The van der Waals surface area contributed by atoms with Crippen LogP contribution in [0.4, 0.5) is 0 Å². The maximum atomic E-state index is 5.63. The number of ether oxygens (including phenoxy) is 1. The molecule has 0 aliphatic carbocycles. The van der Waals surface area contributed by atoms with Crippen LogP contribution in [0.5, 0.6) is 5.75 Å². The summed E-state index contributed by atoms with van der Waals surface area (Å²) in [5, 5.41) is 0. The molecule has 1 aromatic carbocycles. The lowest BCUT2D eigenvalue weighted by Gasteiger charge is -2.10. The average Bonchev–Trinajstić information content (AvgIpc) is 2.38. The third-order valence-corrected chi connectivity index (χ3v) is 2.95. The van der Waals surface area contributed by atoms with Gasteiger partial charge in [0.1, 0.15) is 10.7 Å². The number of hydrogen-bond donors (Lipinski definition) is 1. The van der Waals surface area contributed by atoms with Gasteiger partial charge in [0.25, 0.3) is 0 Å². The largest absolute Gasteiger partial charge is 0.496 e. The Morgan fingerprint density at radius 1 is 1.22 bits per heavy atom. The highest BCUT2D eigenvalue weighted by Gasteiger charge is 2.09. The van der Waals surface area contributed by atoms with Crippen LogP contribution in [0.15, 0.2) is 36.4 Å². The molecule has 0 amide bonds. The van der Waals surface area contributed by atoms with Crippen LogP contribution in [0.2, 0.25) is 0 Å².